The molecule has 0 aliphatic carbocycles. The van der Waals surface area contributed by atoms with Crippen molar-refractivity contribution in [1.29, 1.82) is 0 Å². The van der Waals surface area contributed by atoms with Crippen LogP contribution in [0, 0.1) is 11.6 Å². The normalized spacial score (nSPS) is 13.4. The number of fused-ring (bicyclic) bond motifs is 6. The smallest absolute Gasteiger partial charge is 0.171 e. The molecule has 0 aromatic heterocycles. The molecule has 0 saturated carbocycles. The second-order valence-corrected chi connectivity index (χ2v) is 11.2. The molecular formula is C30H19F2OP. The maximum absolute atomic E-state index is 14.8. The lowest BCUT2D eigenvalue weighted by atomic mass is 9.94. The van der Waals surface area contributed by atoms with E-state index in [2.05, 4.69) is 24.3 Å². The Kier molecular flexibility index (Phi) is 4.83. The first-order valence-corrected chi connectivity index (χ1v) is 12.7. The highest BCUT2D eigenvalue weighted by atomic mass is 31.2. The van der Waals surface area contributed by atoms with Gasteiger partial charge in [0.25, 0.3) is 0 Å². The highest BCUT2D eigenvalue weighted by Gasteiger charge is 2.31. The van der Waals surface area contributed by atoms with Crippen molar-refractivity contribution in [2.45, 2.75) is 0 Å². The predicted octanol–water partition coefficient (Wildman–Crippen LogP) is 7.06. The molecule has 6 rings (SSSR count). The van der Waals surface area contributed by atoms with Gasteiger partial charge in [0, 0.05) is 22.0 Å². The number of benzene rings is 6. The van der Waals surface area contributed by atoms with E-state index in [-0.39, 0.29) is 5.30 Å². The van der Waals surface area contributed by atoms with Crippen LogP contribution in [0.3, 0.4) is 0 Å². The van der Waals surface area contributed by atoms with Gasteiger partial charge in [-0.05, 0) is 50.5 Å². The number of hydrogen-bond donors (Lipinski definition) is 0. The van der Waals surface area contributed by atoms with Crippen molar-refractivity contribution < 1.29 is 13.3 Å². The highest BCUT2D eigenvalue weighted by molar-refractivity contribution is 7.85. The van der Waals surface area contributed by atoms with Gasteiger partial charge in [0.15, 0.2) is 7.14 Å². The first-order chi connectivity index (χ1) is 16.6. The van der Waals surface area contributed by atoms with Crippen molar-refractivity contribution in [3.63, 3.8) is 0 Å². The molecule has 0 N–H and O–H groups in total. The molecule has 0 fully saturated rings. The predicted molar refractivity (Wildman–Crippen MR) is 138 cm³/mol. The number of halogens is 2. The van der Waals surface area contributed by atoms with Gasteiger partial charge in [-0.1, -0.05) is 91.0 Å². The topological polar surface area (TPSA) is 17.1 Å². The van der Waals surface area contributed by atoms with Gasteiger partial charge in [-0.25, -0.2) is 8.78 Å². The van der Waals surface area contributed by atoms with Crippen LogP contribution in [0.15, 0.2) is 115 Å². The third kappa shape index (κ3) is 3.16. The van der Waals surface area contributed by atoms with Crippen LogP contribution in [0.2, 0.25) is 0 Å². The molecule has 0 bridgehead atoms. The molecule has 0 saturated heterocycles. The summed E-state index contributed by atoms with van der Waals surface area (Å²) >= 11 is 0. The standard InChI is InChI=1S/C30H19F2OP/c31-20-16-21(32)18-24(17-20)34(33,22-8-2-1-3-9-22)23-14-15-29-27-12-5-4-10-25(27)26-11-6-7-13-28(26)30(29)19-23/h1-19H. The molecule has 0 amide bonds. The second-order valence-electron chi connectivity index (χ2n) is 8.39. The summed E-state index contributed by atoms with van der Waals surface area (Å²) in [6, 6.07) is 34.2. The molecule has 0 radical (unpaired) electrons. The Morgan fingerprint density at radius 2 is 0.882 bits per heavy atom. The van der Waals surface area contributed by atoms with Crippen molar-refractivity contribution in [3.8, 4) is 0 Å². The first-order valence-electron chi connectivity index (χ1n) is 11.0. The summed E-state index contributed by atoms with van der Waals surface area (Å²) < 4.78 is 43.4. The fourth-order valence-corrected chi connectivity index (χ4v) is 7.59. The molecule has 0 heterocycles. The van der Waals surface area contributed by atoms with Crippen molar-refractivity contribution in [1.82, 2.24) is 0 Å². The van der Waals surface area contributed by atoms with E-state index in [1.807, 2.05) is 48.5 Å². The van der Waals surface area contributed by atoms with E-state index in [0.29, 0.717) is 10.6 Å². The Labute approximate surface area is 195 Å². The van der Waals surface area contributed by atoms with Gasteiger partial charge in [0.1, 0.15) is 11.6 Å². The largest absolute Gasteiger partial charge is 0.309 e. The SMILES string of the molecule is O=P(c1ccccc1)(c1cc(F)cc(F)c1)c1ccc2c3ccccc3c3ccccc3c2c1. The van der Waals surface area contributed by atoms with E-state index in [1.165, 1.54) is 12.1 Å². The molecule has 6 aromatic rings. The molecule has 1 unspecified atom stereocenters. The Morgan fingerprint density at radius 1 is 0.412 bits per heavy atom. The highest BCUT2D eigenvalue weighted by Crippen LogP contribution is 2.44. The van der Waals surface area contributed by atoms with Crippen LogP contribution in [0.25, 0.3) is 32.3 Å². The van der Waals surface area contributed by atoms with E-state index in [4.69, 9.17) is 0 Å². The van der Waals surface area contributed by atoms with Gasteiger partial charge in [0.05, 0.1) is 0 Å². The lowest BCUT2D eigenvalue weighted by Gasteiger charge is -2.21. The Balaban J connectivity index is 1.73. The fraction of sp³-hybridized carbons (Fsp3) is 0. The Morgan fingerprint density at radius 3 is 1.44 bits per heavy atom. The van der Waals surface area contributed by atoms with Gasteiger partial charge < -0.3 is 4.57 Å². The van der Waals surface area contributed by atoms with Crippen LogP contribution < -0.4 is 15.9 Å². The summed E-state index contributed by atoms with van der Waals surface area (Å²) in [5, 5.41) is 7.62. The van der Waals surface area contributed by atoms with Gasteiger partial charge >= 0.3 is 0 Å². The zero-order chi connectivity index (χ0) is 23.3. The van der Waals surface area contributed by atoms with Crippen molar-refractivity contribution in [2.24, 2.45) is 0 Å². The van der Waals surface area contributed by atoms with Crippen LogP contribution in [0.5, 0.6) is 0 Å². The molecule has 1 nitrogen and oxygen atoms in total. The lowest BCUT2D eigenvalue weighted by Crippen LogP contribution is -2.25. The minimum atomic E-state index is -3.55. The third-order valence-electron chi connectivity index (χ3n) is 6.42. The zero-order valence-electron chi connectivity index (χ0n) is 18.1. The summed E-state index contributed by atoms with van der Waals surface area (Å²) in [6.45, 7) is 0. The van der Waals surface area contributed by atoms with Crippen LogP contribution >= 0.6 is 7.14 Å². The van der Waals surface area contributed by atoms with E-state index in [0.717, 1.165) is 38.4 Å². The summed E-state index contributed by atoms with van der Waals surface area (Å²) in [7, 11) is -3.55. The van der Waals surface area contributed by atoms with Crippen molar-refractivity contribution in [2.75, 3.05) is 0 Å². The molecule has 0 spiro atoms. The van der Waals surface area contributed by atoms with E-state index in [1.54, 1.807) is 24.3 Å². The fourth-order valence-electron chi connectivity index (χ4n) is 4.90. The minimum absolute atomic E-state index is 0.139. The lowest BCUT2D eigenvalue weighted by molar-refractivity contribution is 0.580. The average molecular weight is 464 g/mol. The molecule has 34 heavy (non-hydrogen) atoms. The molecule has 1 atom stereocenters. The minimum Gasteiger partial charge on any atom is -0.309 e. The van der Waals surface area contributed by atoms with Crippen LogP contribution in [-0.4, -0.2) is 0 Å². The summed E-state index contributed by atoms with van der Waals surface area (Å²) in [5.74, 6) is -1.49. The van der Waals surface area contributed by atoms with Crippen LogP contribution in [0.1, 0.15) is 0 Å². The Bertz CT molecular complexity index is 1700. The van der Waals surface area contributed by atoms with Crippen molar-refractivity contribution in [3.05, 3.63) is 127 Å². The van der Waals surface area contributed by atoms with Gasteiger partial charge in [-0.2, -0.15) is 0 Å². The van der Waals surface area contributed by atoms with E-state index < -0.39 is 18.8 Å². The van der Waals surface area contributed by atoms with Crippen molar-refractivity contribution >= 4 is 55.4 Å². The summed E-state index contributed by atoms with van der Waals surface area (Å²) in [4.78, 5) is 0. The molecule has 164 valence electrons. The molecule has 0 aliphatic heterocycles. The average Bonchev–Trinajstić information content (AvgIpc) is 2.88. The Hall–Kier alpha value is -3.81. The van der Waals surface area contributed by atoms with Crippen LogP contribution in [-0.2, 0) is 4.57 Å². The zero-order valence-corrected chi connectivity index (χ0v) is 19.0. The maximum atomic E-state index is 14.8. The first kappa shape index (κ1) is 20.8. The molecule has 0 aliphatic rings. The van der Waals surface area contributed by atoms with Gasteiger partial charge in [-0.15, -0.1) is 0 Å². The monoisotopic (exact) mass is 464 g/mol. The number of hydrogen-bond acceptors (Lipinski definition) is 1. The molecule has 4 heteroatoms. The quantitative estimate of drug-likeness (QED) is 0.202. The second kappa shape index (κ2) is 7.90. The van der Waals surface area contributed by atoms with E-state index in [9.17, 15) is 13.3 Å². The summed E-state index contributed by atoms with van der Waals surface area (Å²) in [5.41, 5.74) is 0. The third-order valence-corrected chi connectivity index (χ3v) is 9.44. The van der Waals surface area contributed by atoms with Gasteiger partial charge in [0.2, 0.25) is 0 Å². The maximum Gasteiger partial charge on any atom is 0.171 e. The molecule has 6 aromatic carbocycles. The molecular weight excluding hydrogens is 445 g/mol. The van der Waals surface area contributed by atoms with Crippen LogP contribution in [0.4, 0.5) is 8.78 Å². The van der Waals surface area contributed by atoms with E-state index >= 15 is 0 Å². The van der Waals surface area contributed by atoms with Gasteiger partial charge in [-0.3, -0.25) is 0 Å². The summed E-state index contributed by atoms with van der Waals surface area (Å²) in [6.07, 6.45) is 0. The number of rotatable bonds is 3.